The second-order valence-corrected chi connectivity index (χ2v) is 14.8. The van der Waals surface area contributed by atoms with Crippen LogP contribution in [0.2, 0.25) is 5.02 Å². The van der Waals surface area contributed by atoms with E-state index in [1.165, 1.54) is 0 Å². The van der Waals surface area contributed by atoms with Gasteiger partial charge in [0.15, 0.2) is 5.60 Å². The molecule has 1 amide bonds. The first-order valence-corrected chi connectivity index (χ1v) is 18.5. The Morgan fingerprint density at radius 3 is 1.74 bits per heavy atom. The van der Waals surface area contributed by atoms with Crippen LogP contribution in [0, 0.1) is 0 Å². The number of benzene rings is 6. The van der Waals surface area contributed by atoms with Crippen molar-refractivity contribution in [2.45, 2.75) is 50.4 Å². The number of ether oxygens (including phenoxy) is 3. The Kier molecular flexibility index (Phi) is 10.6. The molecular weight excluding hydrogens is 694 g/mol. The normalized spacial score (nSPS) is 13.0. The highest BCUT2D eigenvalue weighted by Crippen LogP contribution is 2.45. The third-order valence-corrected chi connectivity index (χ3v) is 9.90. The maximum Gasteiger partial charge on any atom is 0.407 e. The van der Waals surface area contributed by atoms with Crippen LogP contribution in [0.15, 0.2) is 158 Å². The van der Waals surface area contributed by atoms with Crippen molar-refractivity contribution in [2.75, 3.05) is 6.61 Å². The molecule has 54 heavy (non-hydrogen) atoms. The zero-order valence-corrected chi connectivity index (χ0v) is 31.3. The van der Waals surface area contributed by atoms with E-state index in [0.29, 0.717) is 27.5 Å². The summed E-state index contributed by atoms with van der Waals surface area (Å²) in [6.07, 6.45) is -0.602. The fraction of sp³-hybridized carbons (Fsp3) is 0.191. The summed E-state index contributed by atoms with van der Waals surface area (Å²) >= 11 is 6.93. The Morgan fingerprint density at radius 2 is 1.19 bits per heavy atom. The Morgan fingerprint density at radius 1 is 0.667 bits per heavy atom. The van der Waals surface area contributed by atoms with Gasteiger partial charge in [0, 0.05) is 34.1 Å². The van der Waals surface area contributed by atoms with Gasteiger partial charge in [-0.05, 0) is 66.8 Å². The van der Waals surface area contributed by atoms with Crippen molar-refractivity contribution in [1.29, 1.82) is 0 Å². The quantitative estimate of drug-likeness (QED) is 0.106. The van der Waals surface area contributed by atoms with Crippen LogP contribution in [0.25, 0.3) is 11.1 Å². The number of halogens is 1. The van der Waals surface area contributed by atoms with Crippen LogP contribution >= 0.6 is 11.6 Å². The first-order valence-electron chi connectivity index (χ1n) is 18.1. The summed E-state index contributed by atoms with van der Waals surface area (Å²) in [5.41, 5.74) is 5.37. The van der Waals surface area contributed by atoms with Gasteiger partial charge in [0.05, 0.1) is 0 Å². The molecule has 0 bridgehead atoms. The lowest BCUT2D eigenvalue weighted by molar-refractivity contribution is -0.156. The molecule has 272 valence electrons. The first kappa shape index (κ1) is 36.5. The van der Waals surface area contributed by atoms with Gasteiger partial charge in [-0.1, -0.05) is 151 Å². The monoisotopic (exact) mass is 735 g/mol. The number of amides is 1. The molecule has 0 radical (unpaired) electrons. The Labute approximate surface area is 321 Å². The highest BCUT2D eigenvalue weighted by Gasteiger charge is 2.44. The van der Waals surface area contributed by atoms with Gasteiger partial charge in [0.1, 0.15) is 24.0 Å². The Hall–Kier alpha value is -5.85. The minimum Gasteiger partial charge on any atom is -0.488 e. The minimum atomic E-state index is -1.45. The third-order valence-electron chi connectivity index (χ3n) is 9.57. The summed E-state index contributed by atoms with van der Waals surface area (Å²) in [7, 11) is 0. The van der Waals surface area contributed by atoms with E-state index in [0.717, 1.165) is 27.8 Å². The number of alkyl carbamates (subject to hydrolysis) is 1. The SMILES string of the molecule is CC(C)(C)Oc1ccc(C[C@@H](NC(=O)OCC2c3ccccc3-c3ccccc32)C(=O)OC(c2ccccc2)(c2ccccc2)c2ccccc2Cl)cc1. The zero-order chi connectivity index (χ0) is 37.7. The molecule has 6 aromatic carbocycles. The van der Waals surface area contributed by atoms with Gasteiger partial charge in [-0.3, -0.25) is 0 Å². The molecule has 0 spiro atoms. The second kappa shape index (κ2) is 15.6. The predicted octanol–water partition coefficient (Wildman–Crippen LogP) is 10.5. The van der Waals surface area contributed by atoms with Crippen LogP contribution in [0.1, 0.15) is 60.1 Å². The topological polar surface area (TPSA) is 73.9 Å². The predicted molar refractivity (Wildman–Crippen MR) is 213 cm³/mol. The molecule has 7 rings (SSSR count). The van der Waals surface area contributed by atoms with Gasteiger partial charge < -0.3 is 19.5 Å². The molecule has 0 aromatic heterocycles. The van der Waals surface area contributed by atoms with Gasteiger partial charge in [0.2, 0.25) is 0 Å². The molecule has 0 saturated heterocycles. The number of rotatable bonds is 11. The van der Waals surface area contributed by atoms with E-state index in [1.54, 1.807) is 6.07 Å². The first-order chi connectivity index (χ1) is 26.1. The van der Waals surface area contributed by atoms with E-state index >= 15 is 0 Å². The van der Waals surface area contributed by atoms with Crippen LogP contribution in [0.4, 0.5) is 4.79 Å². The third kappa shape index (κ3) is 7.75. The number of fused-ring (bicyclic) bond motifs is 3. The van der Waals surface area contributed by atoms with E-state index in [9.17, 15) is 9.59 Å². The highest BCUT2D eigenvalue weighted by atomic mass is 35.5. The van der Waals surface area contributed by atoms with E-state index in [4.69, 9.17) is 25.8 Å². The largest absolute Gasteiger partial charge is 0.488 e. The summed E-state index contributed by atoms with van der Waals surface area (Å²) in [5, 5.41) is 3.31. The Balaban J connectivity index is 1.22. The highest BCUT2D eigenvalue weighted by molar-refractivity contribution is 6.31. The number of carbonyl (C=O) groups is 2. The maximum atomic E-state index is 14.8. The zero-order valence-electron chi connectivity index (χ0n) is 30.5. The smallest absolute Gasteiger partial charge is 0.407 e. The number of hydrogen-bond donors (Lipinski definition) is 1. The summed E-state index contributed by atoms with van der Waals surface area (Å²) in [5.74, 6) is -0.111. The maximum absolute atomic E-state index is 14.8. The van der Waals surface area contributed by atoms with Gasteiger partial charge in [0.25, 0.3) is 0 Å². The number of esters is 1. The molecule has 7 heteroatoms. The molecule has 6 nitrogen and oxygen atoms in total. The molecule has 0 fully saturated rings. The van der Waals surface area contributed by atoms with E-state index < -0.39 is 23.7 Å². The van der Waals surface area contributed by atoms with Crippen LogP contribution in [-0.2, 0) is 26.3 Å². The molecule has 6 aromatic rings. The van der Waals surface area contributed by atoms with Crippen LogP contribution < -0.4 is 10.1 Å². The van der Waals surface area contributed by atoms with E-state index in [2.05, 4.69) is 29.6 Å². The molecule has 1 aliphatic rings. The molecule has 0 saturated carbocycles. The van der Waals surface area contributed by atoms with E-state index in [1.807, 2.05) is 148 Å². The molecule has 0 aliphatic heterocycles. The number of carbonyl (C=O) groups excluding carboxylic acids is 2. The van der Waals surface area contributed by atoms with Gasteiger partial charge in [-0.2, -0.15) is 0 Å². The second-order valence-electron chi connectivity index (χ2n) is 14.4. The van der Waals surface area contributed by atoms with Crippen molar-refractivity contribution in [2.24, 2.45) is 0 Å². The van der Waals surface area contributed by atoms with Gasteiger partial charge >= 0.3 is 12.1 Å². The van der Waals surface area contributed by atoms with Crippen molar-refractivity contribution in [3.63, 3.8) is 0 Å². The minimum absolute atomic E-state index is 0.0953. The molecular formula is C47H42ClNO5. The van der Waals surface area contributed by atoms with Crippen LogP contribution in [-0.4, -0.2) is 30.3 Å². The summed E-state index contributed by atoms with van der Waals surface area (Å²) < 4.78 is 18.7. The molecule has 1 atom stereocenters. The lowest BCUT2D eigenvalue weighted by atomic mass is 9.80. The van der Waals surface area contributed by atoms with Gasteiger partial charge in [-0.15, -0.1) is 0 Å². The van der Waals surface area contributed by atoms with Crippen molar-refractivity contribution < 1.29 is 23.8 Å². The average Bonchev–Trinajstić information content (AvgIpc) is 3.50. The lowest BCUT2D eigenvalue weighted by Crippen LogP contribution is -2.47. The Bertz CT molecular complexity index is 2150. The fourth-order valence-corrected chi connectivity index (χ4v) is 7.49. The molecule has 0 heterocycles. The summed E-state index contributed by atoms with van der Waals surface area (Å²) in [6.45, 7) is 6.04. The van der Waals surface area contributed by atoms with Crippen molar-refractivity contribution >= 4 is 23.7 Å². The van der Waals surface area contributed by atoms with Gasteiger partial charge in [-0.25, -0.2) is 9.59 Å². The van der Waals surface area contributed by atoms with E-state index in [-0.39, 0.29) is 24.5 Å². The molecule has 1 N–H and O–H groups in total. The fourth-order valence-electron chi connectivity index (χ4n) is 7.22. The molecule has 0 unspecified atom stereocenters. The lowest BCUT2D eigenvalue weighted by Gasteiger charge is -2.37. The van der Waals surface area contributed by atoms with Crippen LogP contribution in [0.3, 0.4) is 0 Å². The van der Waals surface area contributed by atoms with Crippen molar-refractivity contribution in [1.82, 2.24) is 5.32 Å². The summed E-state index contributed by atoms with van der Waals surface area (Å²) in [4.78, 5) is 28.6. The average molecular weight is 736 g/mol. The standard InChI is InChI=1S/C47H42ClNO5/c1-46(2,3)53-35-28-26-32(27-29-35)30-43(49-45(51)52-31-40-38-22-12-10-20-36(38)37-21-11-13-23-39(37)40)44(50)54-47(33-16-6-4-7-17-33,34-18-8-5-9-19-34)41-24-14-15-25-42(41)48/h4-29,40,43H,30-31H2,1-3H3,(H,49,51)/t43-/m1/s1. The number of nitrogens with one attached hydrogen (secondary N) is 1. The van der Waals surface area contributed by atoms with Crippen molar-refractivity contribution in [3.8, 4) is 16.9 Å². The summed E-state index contributed by atoms with van der Waals surface area (Å²) in [6, 6.07) is 49.0. The van der Waals surface area contributed by atoms with Crippen LogP contribution in [0.5, 0.6) is 5.75 Å². The molecule has 1 aliphatic carbocycles. The number of hydrogen-bond acceptors (Lipinski definition) is 5. The van der Waals surface area contributed by atoms with Crippen molar-refractivity contribution in [3.05, 3.63) is 196 Å².